The molecular formula is C30H35NO5. The number of esters is 1. The van der Waals surface area contributed by atoms with Gasteiger partial charge in [0.2, 0.25) is 5.91 Å². The van der Waals surface area contributed by atoms with Gasteiger partial charge >= 0.3 is 5.97 Å². The standard InChI is InChI=1S/C30H35NO5/c1-7-35-30(33)22-10-12-31(13-11-22)27(32)15-20(4)24-16-25-26(23-9-8-18(2)14-19(23)3)17-36-29(25)21(5)28(24)34-6/h8-9,14-17,22H,7,10-13H2,1-6H3/b20-15+. The van der Waals surface area contributed by atoms with Crippen LogP contribution in [-0.2, 0) is 14.3 Å². The van der Waals surface area contributed by atoms with E-state index in [1.807, 2.05) is 20.8 Å². The number of fused-ring (bicyclic) bond motifs is 1. The molecule has 0 N–H and O–H groups in total. The molecule has 190 valence electrons. The maximum atomic E-state index is 13.1. The van der Waals surface area contributed by atoms with Gasteiger partial charge in [-0.1, -0.05) is 23.8 Å². The summed E-state index contributed by atoms with van der Waals surface area (Å²) in [5.41, 5.74) is 7.91. The molecule has 0 aliphatic carbocycles. The Hall–Kier alpha value is -3.54. The third kappa shape index (κ3) is 4.90. The van der Waals surface area contributed by atoms with Crippen LogP contribution in [0.15, 0.2) is 41.0 Å². The number of hydrogen-bond acceptors (Lipinski definition) is 5. The number of aryl methyl sites for hydroxylation is 3. The number of methoxy groups -OCH3 is 1. The number of nitrogens with zero attached hydrogens (tertiary/aromatic N) is 1. The van der Waals surface area contributed by atoms with Gasteiger partial charge in [0.1, 0.15) is 11.3 Å². The van der Waals surface area contributed by atoms with Crippen molar-refractivity contribution in [3.63, 3.8) is 0 Å². The van der Waals surface area contributed by atoms with E-state index < -0.39 is 0 Å². The zero-order valence-electron chi connectivity index (χ0n) is 22.1. The highest BCUT2D eigenvalue weighted by molar-refractivity contribution is 6.02. The minimum Gasteiger partial charge on any atom is -0.496 e. The van der Waals surface area contributed by atoms with Crippen molar-refractivity contribution >= 4 is 28.4 Å². The first-order chi connectivity index (χ1) is 17.2. The summed E-state index contributed by atoms with van der Waals surface area (Å²) in [4.78, 5) is 27.0. The molecule has 6 nitrogen and oxygen atoms in total. The monoisotopic (exact) mass is 489 g/mol. The van der Waals surface area contributed by atoms with Gasteiger partial charge in [0.15, 0.2) is 0 Å². The van der Waals surface area contributed by atoms with Crippen molar-refractivity contribution in [2.24, 2.45) is 5.92 Å². The molecule has 1 aliphatic rings. The molecule has 1 fully saturated rings. The van der Waals surface area contributed by atoms with Crippen LogP contribution in [0.2, 0.25) is 0 Å². The normalized spacial score (nSPS) is 14.8. The van der Waals surface area contributed by atoms with E-state index >= 15 is 0 Å². The highest BCUT2D eigenvalue weighted by Crippen LogP contribution is 2.41. The van der Waals surface area contributed by atoms with Crippen molar-refractivity contribution in [1.29, 1.82) is 0 Å². The van der Waals surface area contributed by atoms with E-state index in [2.05, 4.69) is 38.1 Å². The Labute approximate surface area is 212 Å². The fourth-order valence-electron chi connectivity index (χ4n) is 5.15. The molecule has 1 saturated heterocycles. The van der Waals surface area contributed by atoms with Crippen LogP contribution in [0.5, 0.6) is 5.75 Å². The second kappa shape index (κ2) is 10.6. The lowest BCUT2D eigenvalue weighted by molar-refractivity contribution is -0.150. The van der Waals surface area contributed by atoms with Crippen LogP contribution in [0.1, 0.15) is 48.9 Å². The smallest absolute Gasteiger partial charge is 0.309 e. The van der Waals surface area contributed by atoms with E-state index in [4.69, 9.17) is 13.9 Å². The van der Waals surface area contributed by atoms with Gasteiger partial charge in [-0.25, -0.2) is 0 Å². The molecule has 2 heterocycles. The minimum atomic E-state index is -0.162. The molecule has 6 heteroatoms. The zero-order valence-corrected chi connectivity index (χ0v) is 22.1. The summed E-state index contributed by atoms with van der Waals surface area (Å²) in [5, 5.41) is 0.991. The van der Waals surface area contributed by atoms with E-state index in [1.54, 1.807) is 24.3 Å². The average molecular weight is 490 g/mol. The Kier molecular flexibility index (Phi) is 7.53. The lowest BCUT2D eigenvalue weighted by Gasteiger charge is -2.30. The van der Waals surface area contributed by atoms with Crippen LogP contribution >= 0.6 is 0 Å². The first kappa shape index (κ1) is 25.5. The summed E-state index contributed by atoms with van der Waals surface area (Å²) in [6.45, 7) is 11.4. The second-order valence-electron chi connectivity index (χ2n) is 9.61. The third-order valence-corrected chi connectivity index (χ3v) is 7.11. The largest absolute Gasteiger partial charge is 0.496 e. The van der Waals surface area contributed by atoms with E-state index in [0.29, 0.717) is 38.3 Å². The molecule has 0 spiro atoms. The summed E-state index contributed by atoms with van der Waals surface area (Å²) in [7, 11) is 1.64. The van der Waals surface area contributed by atoms with Crippen LogP contribution in [0.4, 0.5) is 0 Å². The topological polar surface area (TPSA) is 69.0 Å². The summed E-state index contributed by atoms with van der Waals surface area (Å²) >= 11 is 0. The maximum Gasteiger partial charge on any atom is 0.309 e. The zero-order chi connectivity index (χ0) is 26.0. The molecule has 4 rings (SSSR count). The Morgan fingerprint density at radius 2 is 1.83 bits per heavy atom. The molecule has 1 amide bonds. The highest BCUT2D eigenvalue weighted by Gasteiger charge is 2.28. The van der Waals surface area contributed by atoms with E-state index in [-0.39, 0.29) is 17.8 Å². The number of amides is 1. The van der Waals surface area contributed by atoms with Crippen LogP contribution in [-0.4, -0.2) is 43.6 Å². The van der Waals surface area contributed by atoms with Gasteiger partial charge in [0.05, 0.1) is 25.9 Å². The Morgan fingerprint density at radius 1 is 1.11 bits per heavy atom. The first-order valence-electron chi connectivity index (χ1n) is 12.6. The second-order valence-corrected chi connectivity index (χ2v) is 9.61. The minimum absolute atomic E-state index is 0.0589. The number of hydrogen-bond donors (Lipinski definition) is 0. The Balaban J connectivity index is 1.65. The average Bonchev–Trinajstić information content (AvgIpc) is 3.28. The van der Waals surface area contributed by atoms with E-state index in [0.717, 1.165) is 38.8 Å². The summed E-state index contributed by atoms with van der Waals surface area (Å²) in [5.74, 6) is 0.349. The quantitative estimate of drug-likeness (QED) is 0.303. The van der Waals surface area contributed by atoms with Crippen molar-refractivity contribution in [2.75, 3.05) is 26.8 Å². The molecule has 0 bridgehead atoms. The number of rotatable bonds is 6. The number of piperidine rings is 1. The van der Waals surface area contributed by atoms with E-state index in [9.17, 15) is 9.59 Å². The number of furan rings is 1. The van der Waals surface area contributed by atoms with Crippen LogP contribution in [0.25, 0.3) is 27.7 Å². The number of ether oxygens (including phenoxy) is 2. The lowest BCUT2D eigenvalue weighted by atomic mass is 9.94. The molecule has 0 saturated carbocycles. The molecule has 0 unspecified atom stereocenters. The van der Waals surface area contributed by atoms with Crippen molar-refractivity contribution < 1.29 is 23.5 Å². The van der Waals surface area contributed by atoms with Crippen molar-refractivity contribution in [3.05, 3.63) is 58.9 Å². The number of benzene rings is 2. The van der Waals surface area contributed by atoms with Crippen molar-refractivity contribution in [2.45, 2.75) is 47.5 Å². The maximum absolute atomic E-state index is 13.1. The molecule has 1 aromatic heterocycles. The van der Waals surface area contributed by atoms with Crippen LogP contribution < -0.4 is 4.74 Å². The molecule has 3 aromatic rings. The summed E-state index contributed by atoms with van der Waals surface area (Å²) in [6, 6.07) is 8.46. The first-order valence-corrected chi connectivity index (χ1v) is 12.6. The van der Waals surface area contributed by atoms with Crippen molar-refractivity contribution in [1.82, 2.24) is 4.90 Å². The number of carbonyl (C=O) groups is 2. The molecule has 0 atom stereocenters. The van der Waals surface area contributed by atoms with Gasteiger partial charge < -0.3 is 18.8 Å². The van der Waals surface area contributed by atoms with E-state index in [1.165, 1.54) is 11.1 Å². The molecule has 1 aliphatic heterocycles. The fourth-order valence-corrected chi connectivity index (χ4v) is 5.15. The van der Waals surface area contributed by atoms with Gasteiger partial charge in [-0.05, 0) is 70.2 Å². The van der Waals surface area contributed by atoms with Crippen LogP contribution in [0, 0.1) is 26.7 Å². The summed E-state index contributed by atoms with van der Waals surface area (Å²) in [6.07, 6.45) is 4.72. The SMILES string of the molecule is CCOC(=O)C1CCN(C(=O)/C=C(\C)c2cc3c(-c4ccc(C)cc4C)coc3c(C)c2OC)CC1. The van der Waals surface area contributed by atoms with Gasteiger partial charge in [0, 0.05) is 41.2 Å². The molecular weight excluding hydrogens is 454 g/mol. The predicted molar refractivity (Wildman–Crippen MR) is 142 cm³/mol. The van der Waals surface area contributed by atoms with Crippen LogP contribution in [0.3, 0.4) is 0 Å². The number of carbonyl (C=O) groups excluding carboxylic acids is 2. The molecule has 36 heavy (non-hydrogen) atoms. The molecule has 2 aromatic carbocycles. The van der Waals surface area contributed by atoms with Gasteiger partial charge in [-0.2, -0.15) is 0 Å². The van der Waals surface area contributed by atoms with Gasteiger partial charge in [-0.3, -0.25) is 9.59 Å². The van der Waals surface area contributed by atoms with Gasteiger partial charge in [-0.15, -0.1) is 0 Å². The predicted octanol–water partition coefficient (Wildman–Crippen LogP) is 6.24. The van der Waals surface area contributed by atoms with Gasteiger partial charge in [0.25, 0.3) is 0 Å². The third-order valence-electron chi connectivity index (χ3n) is 7.11. The summed E-state index contributed by atoms with van der Waals surface area (Å²) < 4.78 is 16.9. The lowest BCUT2D eigenvalue weighted by Crippen LogP contribution is -2.40. The highest BCUT2D eigenvalue weighted by atomic mass is 16.5. The van der Waals surface area contributed by atoms with Crippen molar-refractivity contribution in [3.8, 4) is 16.9 Å². The Bertz CT molecular complexity index is 1320. The number of likely N-dealkylation sites (tertiary alicyclic amines) is 1. The fraction of sp³-hybridized carbons (Fsp3) is 0.400. The molecule has 0 radical (unpaired) electrons. The number of allylic oxidation sites excluding steroid dienone is 1. The Morgan fingerprint density at radius 3 is 2.47 bits per heavy atom.